The minimum absolute atomic E-state index is 0.206. The zero-order valence-corrected chi connectivity index (χ0v) is 14.0. The van der Waals surface area contributed by atoms with Crippen LogP contribution < -0.4 is 0 Å². The Bertz CT molecular complexity index is 634. The summed E-state index contributed by atoms with van der Waals surface area (Å²) in [5.74, 6) is 1.91. The Kier molecular flexibility index (Phi) is 4.86. The van der Waals surface area contributed by atoms with Gasteiger partial charge in [-0.15, -0.1) is 11.6 Å². The Morgan fingerprint density at radius 2 is 2.15 bits per heavy atom. The van der Waals surface area contributed by atoms with Crippen LogP contribution in [0.1, 0.15) is 37.8 Å². The molecule has 0 aliphatic heterocycles. The molecule has 2 aromatic heterocycles. The Hall–Kier alpha value is -0.880. The van der Waals surface area contributed by atoms with Gasteiger partial charge in [-0.2, -0.15) is 5.10 Å². The lowest BCUT2D eigenvalue weighted by Crippen LogP contribution is -2.13. The Balaban J connectivity index is 2.49. The zero-order chi connectivity index (χ0) is 14.9. The number of hydrogen-bond acceptors (Lipinski definition) is 3. The van der Waals surface area contributed by atoms with E-state index in [4.69, 9.17) is 11.6 Å². The predicted octanol–water partition coefficient (Wildman–Crippen LogP) is 2.40. The fourth-order valence-electron chi connectivity index (χ4n) is 2.51. The van der Waals surface area contributed by atoms with Crippen LogP contribution in [-0.2, 0) is 30.1 Å². The molecule has 5 nitrogen and oxygen atoms in total. The Morgan fingerprint density at radius 3 is 2.70 bits per heavy atom. The summed E-state index contributed by atoms with van der Waals surface area (Å²) in [7, 11) is 1.15. The topological polar surface area (TPSA) is 52.7 Å². The smallest absolute Gasteiger partial charge is 0.158 e. The Labute approximate surface area is 126 Å². The lowest BCUT2D eigenvalue weighted by Gasteiger charge is -2.16. The van der Waals surface area contributed by atoms with E-state index in [-0.39, 0.29) is 6.04 Å². The molecule has 2 heterocycles. The number of aryl methyl sites for hydroxylation is 2. The van der Waals surface area contributed by atoms with Gasteiger partial charge >= 0.3 is 0 Å². The number of imidazole rings is 1. The molecule has 0 N–H and O–H groups in total. The number of nitrogens with zero attached hydrogens (tertiary/aromatic N) is 4. The molecule has 2 aromatic rings. The molecule has 2 rings (SSSR count). The fraction of sp³-hybridized carbons (Fsp3) is 0.692. The van der Waals surface area contributed by atoms with Crippen molar-refractivity contribution in [3.63, 3.8) is 0 Å². The van der Waals surface area contributed by atoms with Crippen molar-refractivity contribution in [2.45, 2.75) is 38.6 Å². The molecule has 0 bridgehead atoms. The summed E-state index contributed by atoms with van der Waals surface area (Å²) in [5.41, 5.74) is 2.95. The molecule has 0 radical (unpaired) electrons. The van der Waals surface area contributed by atoms with Crippen LogP contribution in [0.3, 0.4) is 0 Å². The van der Waals surface area contributed by atoms with Crippen molar-refractivity contribution in [1.82, 2.24) is 19.3 Å². The molecular weight excluding hydrogens is 296 g/mol. The zero-order valence-electron chi connectivity index (χ0n) is 12.4. The second-order valence-electron chi connectivity index (χ2n) is 5.04. The van der Waals surface area contributed by atoms with Crippen LogP contribution in [-0.4, -0.2) is 35.5 Å². The summed E-state index contributed by atoms with van der Waals surface area (Å²) in [6.45, 7) is 4.19. The molecule has 2 atom stereocenters. The van der Waals surface area contributed by atoms with E-state index in [9.17, 15) is 4.21 Å². The largest absolute Gasteiger partial charge is 0.309 e. The number of alkyl halides is 1. The van der Waals surface area contributed by atoms with Gasteiger partial charge in [-0.1, -0.05) is 6.92 Å². The van der Waals surface area contributed by atoms with Crippen molar-refractivity contribution in [1.29, 1.82) is 0 Å². The molecule has 0 amide bonds. The van der Waals surface area contributed by atoms with Gasteiger partial charge in [0.15, 0.2) is 5.65 Å². The van der Waals surface area contributed by atoms with E-state index in [0.29, 0.717) is 11.6 Å². The quantitative estimate of drug-likeness (QED) is 0.769. The molecule has 0 aromatic carbocycles. The second-order valence-corrected chi connectivity index (χ2v) is 6.86. The van der Waals surface area contributed by atoms with Crippen LogP contribution in [0, 0.1) is 0 Å². The number of halogens is 1. The van der Waals surface area contributed by atoms with Crippen molar-refractivity contribution in [3.8, 4) is 0 Å². The van der Waals surface area contributed by atoms with Crippen LogP contribution in [0.25, 0.3) is 11.2 Å². The average Bonchev–Trinajstić information content (AvgIpc) is 2.93. The van der Waals surface area contributed by atoms with Crippen molar-refractivity contribution in [3.05, 3.63) is 11.5 Å². The minimum atomic E-state index is -0.781. The molecule has 2 unspecified atom stereocenters. The van der Waals surface area contributed by atoms with E-state index < -0.39 is 10.8 Å². The fourth-order valence-corrected chi connectivity index (χ4v) is 3.37. The summed E-state index contributed by atoms with van der Waals surface area (Å²) < 4.78 is 15.3. The maximum atomic E-state index is 11.3. The first-order valence-corrected chi connectivity index (χ1v) is 9.04. The molecule has 0 spiro atoms. The van der Waals surface area contributed by atoms with Gasteiger partial charge in [0.05, 0.1) is 11.6 Å². The molecule has 7 heteroatoms. The number of fused-ring (bicyclic) bond motifs is 1. The average molecular weight is 317 g/mol. The van der Waals surface area contributed by atoms with E-state index in [1.807, 2.05) is 11.7 Å². The van der Waals surface area contributed by atoms with Gasteiger partial charge in [0.2, 0.25) is 0 Å². The SMILES string of the molecule is CCc1nn(C)c2c1nc(CCl)n2C(C)CCS(C)=O. The van der Waals surface area contributed by atoms with Crippen molar-refractivity contribution < 1.29 is 4.21 Å². The van der Waals surface area contributed by atoms with Crippen molar-refractivity contribution in [2.75, 3.05) is 12.0 Å². The first kappa shape index (κ1) is 15.5. The van der Waals surface area contributed by atoms with Gasteiger partial charge in [0.25, 0.3) is 0 Å². The first-order valence-electron chi connectivity index (χ1n) is 6.78. The van der Waals surface area contributed by atoms with Crippen LogP contribution in [0.15, 0.2) is 0 Å². The summed E-state index contributed by atoms with van der Waals surface area (Å²) >= 11 is 6.04. The lowest BCUT2D eigenvalue weighted by molar-refractivity contribution is 0.518. The maximum Gasteiger partial charge on any atom is 0.158 e. The highest BCUT2D eigenvalue weighted by Gasteiger charge is 2.21. The Morgan fingerprint density at radius 1 is 1.45 bits per heavy atom. The first-order chi connectivity index (χ1) is 9.49. The van der Waals surface area contributed by atoms with Crippen LogP contribution in [0.2, 0.25) is 0 Å². The normalized spacial score (nSPS) is 14.8. The molecule has 0 aliphatic rings. The third kappa shape index (κ3) is 2.76. The van der Waals surface area contributed by atoms with Crippen LogP contribution in [0.5, 0.6) is 0 Å². The van der Waals surface area contributed by atoms with E-state index in [1.165, 1.54) is 0 Å². The van der Waals surface area contributed by atoms with Gasteiger partial charge in [-0.05, 0) is 19.8 Å². The summed E-state index contributed by atoms with van der Waals surface area (Å²) in [6.07, 6.45) is 3.42. The van der Waals surface area contributed by atoms with E-state index in [0.717, 1.165) is 35.5 Å². The molecule has 20 heavy (non-hydrogen) atoms. The van der Waals surface area contributed by atoms with Gasteiger partial charge in [-0.25, -0.2) is 4.98 Å². The third-order valence-electron chi connectivity index (χ3n) is 3.53. The number of hydrogen-bond donors (Lipinski definition) is 0. The summed E-state index contributed by atoms with van der Waals surface area (Å²) in [4.78, 5) is 4.64. The summed E-state index contributed by atoms with van der Waals surface area (Å²) in [5, 5.41) is 4.51. The monoisotopic (exact) mass is 316 g/mol. The van der Waals surface area contributed by atoms with Gasteiger partial charge < -0.3 is 4.57 Å². The van der Waals surface area contributed by atoms with Gasteiger partial charge in [-0.3, -0.25) is 8.89 Å². The predicted molar refractivity (Wildman–Crippen MR) is 83.7 cm³/mol. The van der Waals surface area contributed by atoms with Crippen LogP contribution in [0.4, 0.5) is 0 Å². The van der Waals surface area contributed by atoms with Crippen molar-refractivity contribution >= 4 is 33.6 Å². The van der Waals surface area contributed by atoms with Gasteiger partial charge in [0, 0.05) is 35.9 Å². The molecule has 112 valence electrons. The second kappa shape index (κ2) is 6.26. The maximum absolute atomic E-state index is 11.3. The number of aromatic nitrogens is 4. The number of rotatable bonds is 6. The molecule has 0 saturated carbocycles. The molecule has 0 aliphatic carbocycles. The highest BCUT2D eigenvalue weighted by atomic mass is 35.5. The highest BCUT2D eigenvalue weighted by Crippen LogP contribution is 2.26. The van der Waals surface area contributed by atoms with Gasteiger partial charge in [0.1, 0.15) is 11.3 Å². The highest BCUT2D eigenvalue weighted by molar-refractivity contribution is 7.84. The van der Waals surface area contributed by atoms with Crippen LogP contribution >= 0.6 is 11.6 Å². The van der Waals surface area contributed by atoms with E-state index >= 15 is 0 Å². The molecule has 0 saturated heterocycles. The van der Waals surface area contributed by atoms with E-state index in [1.54, 1.807) is 6.26 Å². The molecular formula is C13H21ClN4OS. The molecule has 0 fully saturated rings. The summed E-state index contributed by atoms with van der Waals surface area (Å²) in [6, 6.07) is 0.206. The third-order valence-corrected chi connectivity index (χ3v) is 4.58. The van der Waals surface area contributed by atoms with Crippen molar-refractivity contribution in [2.24, 2.45) is 7.05 Å². The minimum Gasteiger partial charge on any atom is -0.309 e. The van der Waals surface area contributed by atoms with E-state index in [2.05, 4.69) is 28.5 Å². The lowest BCUT2D eigenvalue weighted by atomic mass is 10.2. The standard InChI is InChI=1S/C13H21ClN4OS/c1-5-10-12-13(17(3)16-10)18(11(8-14)15-12)9(2)6-7-20(4)19/h9H,5-8H2,1-4H3.